The lowest BCUT2D eigenvalue weighted by atomic mass is 10.1. The van der Waals surface area contributed by atoms with E-state index in [1.807, 2.05) is 16.8 Å². The van der Waals surface area contributed by atoms with Crippen LogP contribution in [0.2, 0.25) is 5.02 Å². The zero-order valence-electron chi connectivity index (χ0n) is 22.6. The fourth-order valence-electron chi connectivity index (χ4n) is 5.36. The summed E-state index contributed by atoms with van der Waals surface area (Å²) in [7, 11) is 2.09. The number of aliphatic hydroxyl groups excluding tert-OH is 1. The average Bonchev–Trinajstić information content (AvgIpc) is 3.53. The number of piperidine rings is 1. The number of aromatic hydroxyl groups is 1. The smallest absolute Gasteiger partial charge is 0.261 e. The minimum Gasteiger partial charge on any atom is -0.494 e. The van der Waals surface area contributed by atoms with Crippen LogP contribution in [-0.4, -0.2) is 74.0 Å². The summed E-state index contributed by atoms with van der Waals surface area (Å²) in [6.07, 6.45) is 4.16. The number of ether oxygens (including phenoxy) is 1. The number of nitrogens with one attached hydrogen (secondary N) is 3. The molecule has 3 aromatic heterocycles. The number of likely N-dealkylation sites (tertiary alicyclic amines) is 1. The molecule has 2 aromatic carbocycles. The molecule has 5 N–H and O–H groups in total. The lowest BCUT2D eigenvalue weighted by Crippen LogP contribution is -2.31. The molecule has 0 unspecified atom stereocenters. The summed E-state index contributed by atoms with van der Waals surface area (Å²) >= 11 is 5.78. The molecule has 220 valence electrons. The van der Waals surface area contributed by atoms with E-state index in [-0.39, 0.29) is 30.6 Å². The average molecular weight is 599 g/mol. The Bertz CT molecular complexity index is 1830. The summed E-state index contributed by atoms with van der Waals surface area (Å²) in [4.78, 5) is 25.6. The molecule has 5 aromatic rings. The van der Waals surface area contributed by atoms with Crippen molar-refractivity contribution in [3.05, 3.63) is 69.7 Å². The topological polar surface area (TPSA) is 131 Å². The van der Waals surface area contributed by atoms with Crippen molar-refractivity contribution in [3.8, 4) is 23.0 Å². The molecular weight excluding hydrogens is 570 g/mol. The maximum Gasteiger partial charge on any atom is 0.261 e. The fraction of sp³-hybridized carbons (Fsp3) is 0.310. The number of fused-ring (bicyclic) bond motifs is 2. The van der Waals surface area contributed by atoms with Gasteiger partial charge in [-0.25, -0.2) is 13.8 Å². The number of anilines is 1. The third kappa shape index (κ3) is 5.28. The number of H-pyrrole nitrogens is 2. The molecule has 0 spiro atoms. The highest BCUT2D eigenvalue weighted by Crippen LogP contribution is 2.36. The first kappa shape index (κ1) is 28.0. The Labute approximate surface area is 243 Å². The Morgan fingerprint density at radius 2 is 1.98 bits per heavy atom. The number of aromatic amines is 2. The monoisotopic (exact) mass is 598 g/mol. The number of benzene rings is 2. The van der Waals surface area contributed by atoms with E-state index in [4.69, 9.17) is 16.3 Å². The van der Waals surface area contributed by atoms with Crippen molar-refractivity contribution < 1.29 is 23.7 Å². The number of hydrogen-bond donors (Lipinski definition) is 5. The zero-order valence-corrected chi connectivity index (χ0v) is 23.4. The molecule has 1 saturated heterocycles. The van der Waals surface area contributed by atoms with Gasteiger partial charge < -0.3 is 39.7 Å². The van der Waals surface area contributed by atoms with E-state index in [0.717, 1.165) is 43.5 Å². The number of halogens is 3. The summed E-state index contributed by atoms with van der Waals surface area (Å²) in [6, 6.07) is 7.30. The van der Waals surface area contributed by atoms with Gasteiger partial charge in [-0.05, 0) is 63.3 Å². The number of aliphatic hydroxyl groups is 1. The Balaban J connectivity index is 1.22. The van der Waals surface area contributed by atoms with E-state index < -0.39 is 34.1 Å². The molecule has 6 rings (SSSR count). The standard InChI is InChI=1S/C29H29ClF2N6O4/c1-37-8-5-16(6-9-37)38-13-15-10-22-23(11-18(15)29(38)41)36-27(35-22)24-21(4-7-33-28(24)40)34-12-17(39)14-42-26-20(32)3-2-19(31)25(26)30/h2-4,7,10-11,13,16-17,39,41H,5-6,8-9,12,14H2,1H3,(H,35,36)(H2,33,34,40)/t17-/m1/s1. The first-order valence-electron chi connectivity index (χ1n) is 13.5. The molecule has 0 aliphatic carbocycles. The van der Waals surface area contributed by atoms with Crippen LogP contribution in [0.25, 0.3) is 33.2 Å². The fourth-order valence-corrected chi connectivity index (χ4v) is 5.57. The molecule has 0 radical (unpaired) electrons. The zero-order chi connectivity index (χ0) is 29.5. The maximum absolute atomic E-state index is 14.0. The van der Waals surface area contributed by atoms with Gasteiger partial charge in [-0.15, -0.1) is 0 Å². The van der Waals surface area contributed by atoms with E-state index >= 15 is 0 Å². The lowest BCUT2D eigenvalue weighted by Gasteiger charge is -2.30. The second-order valence-electron chi connectivity index (χ2n) is 10.5. The van der Waals surface area contributed by atoms with E-state index in [1.165, 1.54) is 6.20 Å². The summed E-state index contributed by atoms with van der Waals surface area (Å²) in [5.41, 5.74) is 1.45. The molecule has 0 bridgehead atoms. The minimum absolute atomic E-state index is 0.0792. The van der Waals surface area contributed by atoms with Crippen LogP contribution in [0.3, 0.4) is 0 Å². The highest BCUT2D eigenvalue weighted by atomic mass is 35.5. The van der Waals surface area contributed by atoms with Crippen LogP contribution in [0.5, 0.6) is 11.6 Å². The van der Waals surface area contributed by atoms with Crippen LogP contribution in [0, 0.1) is 11.6 Å². The number of rotatable bonds is 8. The molecule has 4 heterocycles. The molecule has 42 heavy (non-hydrogen) atoms. The summed E-state index contributed by atoms with van der Waals surface area (Å²) in [6.45, 7) is 1.48. The second kappa shape index (κ2) is 11.3. The number of pyridine rings is 1. The van der Waals surface area contributed by atoms with E-state index in [0.29, 0.717) is 27.9 Å². The first-order valence-corrected chi connectivity index (χ1v) is 13.9. The molecular formula is C29H29ClF2N6O4. The van der Waals surface area contributed by atoms with Gasteiger partial charge in [0, 0.05) is 35.8 Å². The highest BCUT2D eigenvalue weighted by Gasteiger charge is 2.23. The number of hydrogen-bond acceptors (Lipinski definition) is 7. The van der Waals surface area contributed by atoms with Crippen molar-refractivity contribution >= 4 is 39.1 Å². The van der Waals surface area contributed by atoms with Crippen molar-refractivity contribution in [2.75, 3.05) is 38.6 Å². The van der Waals surface area contributed by atoms with Gasteiger partial charge in [-0.1, -0.05) is 11.6 Å². The van der Waals surface area contributed by atoms with Crippen molar-refractivity contribution in [1.82, 2.24) is 24.4 Å². The van der Waals surface area contributed by atoms with Crippen molar-refractivity contribution in [3.63, 3.8) is 0 Å². The van der Waals surface area contributed by atoms with Gasteiger partial charge in [0.15, 0.2) is 17.4 Å². The minimum atomic E-state index is -1.16. The number of aromatic nitrogens is 4. The lowest BCUT2D eigenvalue weighted by molar-refractivity contribution is 0.115. The first-order chi connectivity index (χ1) is 20.2. The van der Waals surface area contributed by atoms with Crippen LogP contribution in [-0.2, 0) is 0 Å². The van der Waals surface area contributed by atoms with Gasteiger partial charge in [-0.3, -0.25) is 4.79 Å². The third-order valence-corrected chi connectivity index (χ3v) is 8.00. The largest absolute Gasteiger partial charge is 0.494 e. The van der Waals surface area contributed by atoms with Crippen LogP contribution >= 0.6 is 11.6 Å². The predicted molar refractivity (Wildman–Crippen MR) is 156 cm³/mol. The van der Waals surface area contributed by atoms with Crippen molar-refractivity contribution in [2.24, 2.45) is 0 Å². The molecule has 0 saturated carbocycles. The number of nitrogens with zero attached hydrogens (tertiary/aromatic N) is 3. The highest BCUT2D eigenvalue weighted by molar-refractivity contribution is 6.32. The van der Waals surface area contributed by atoms with Gasteiger partial charge in [0.05, 0.1) is 16.7 Å². The predicted octanol–water partition coefficient (Wildman–Crippen LogP) is 4.63. The Hall–Kier alpha value is -4.13. The molecule has 0 amide bonds. The van der Waals surface area contributed by atoms with Crippen molar-refractivity contribution in [1.29, 1.82) is 0 Å². The molecule has 1 aliphatic rings. The second-order valence-corrected chi connectivity index (χ2v) is 10.9. The Morgan fingerprint density at radius 3 is 2.76 bits per heavy atom. The van der Waals surface area contributed by atoms with Crippen LogP contribution < -0.4 is 15.6 Å². The third-order valence-electron chi connectivity index (χ3n) is 7.65. The quantitative estimate of drug-likeness (QED) is 0.165. The molecule has 10 nitrogen and oxygen atoms in total. The van der Waals surface area contributed by atoms with Crippen LogP contribution in [0.15, 0.2) is 47.5 Å². The molecule has 1 fully saturated rings. The molecule has 13 heteroatoms. The van der Waals surface area contributed by atoms with Gasteiger partial charge >= 0.3 is 0 Å². The Kier molecular flexibility index (Phi) is 7.52. The molecule has 1 aliphatic heterocycles. The number of imidazole rings is 1. The van der Waals surface area contributed by atoms with E-state index in [1.54, 1.807) is 12.1 Å². The SMILES string of the molecule is CN1CCC(n2cc3cc4[nH]c(-c5c(NC[C@@H](O)COc6c(F)ccc(F)c6Cl)cc[nH]c5=O)nc4cc3c2O)CC1. The van der Waals surface area contributed by atoms with Gasteiger partial charge in [0.2, 0.25) is 0 Å². The van der Waals surface area contributed by atoms with Crippen LogP contribution in [0.4, 0.5) is 14.5 Å². The van der Waals surface area contributed by atoms with Gasteiger partial charge in [-0.2, -0.15) is 0 Å². The van der Waals surface area contributed by atoms with E-state index in [2.05, 4.69) is 32.2 Å². The molecule has 1 atom stereocenters. The van der Waals surface area contributed by atoms with Crippen LogP contribution in [0.1, 0.15) is 18.9 Å². The van der Waals surface area contributed by atoms with Gasteiger partial charge in [0.25, 0.3) is 5.56 Å². The summed E-state index contributed by atoms with van der Waals surface area (Å²) in [5.74, 6) is -1.69. The maximum atomic E-state index is 14.0. The van der Waals surface area contributed by atoms with Crippen molar-refractivity contribution in [2.45, 2.75) is 25.0 Å². The van der Waals surface area contributed by atoms with Gasteiger partial charge in [0.1, 0.15) is 34.9 Å². The van der Waals surface area contributed by atoms with E-state index in [9.17, 15) is 23.8 Å². The Morgan fingerprint density at radius 1 is 1.21 bits per heavy atom. The summed E-state index contributed by atoms with van der Waals surface area (Å²) in [5, 5.41) is 25.5. The summed E-state index contributed by atoms with van der Waals surface area (Å²) < 4.78 is 34.8. The normalized spacial score (nSPS) is 15.5.